The summed E-state index contributed by atoms with van der Waals surface area (Å²) >= 11 is 0. The van der Waals surface area contributed by atoms with Gasteiger partial charge in [0.15, 0.2) is 0 Å². The summed E-state index contributed by atoms with van der Waals surface area (Å²) in [7, 11) is 1.96. The van der Waals surface area contributed by atoms with Crippen molar-refractivity contribution in [2.45, 2.75) is 31.7 Å². The molecule has 2 saturated heterocycles. The monoisotopic (exact) mass is 304 g/mol. The van der Waals surface area contributed by atoms with E-state index in [0.717, 1.165) is 5.56 Å². The first-order chi connectivity index (χ1) is 10.5. The van der Waals surface area contributed by atoms with E-state index < -0.39 is 11.8 Å². The highest BCUT2D eigenvalue weighted by molar-refractivity contribution is 5.78. The second-order valence-electron chi connectivity index (χ2n) is 6.74. The number of carbonyl (C=O) groups excluding carboxylic acids is 1. The second kappa shape index (κ2) is 5.65. The van der Waals surface area contributed by atoms with Gasteiger partial charge >= 0.3 is 0 Å². The Bertz CT molecular complexity index is 550. The van der Waals surface area contributed by atoms with E-state index in [0.29, 0.717) is 19.5 Å². The summed E-state index contributed by atoms with van der Waals surface area (Å²) in [5, 5.41) is 20.5. The molecule has 2 fully saturated rings. The highest BCUT2D eigenvalue weighted by atomic mass is 16.3. The first kappa shape index (κ1) is 15.5. The van der Waals surface area contributed by atoms with Crippen LogP contribution in [0.4, 0.5) is 0 Å². The number of aliphatic hydroxyl groups excluding tert-OH is 2. The van der Waals surface area contributed by atoms with E-state index >= 15 is 0 Å². The SMILES string of the molecule is CN1C[C@H](CO)[C@H]2CC(=O)N(Cc3ccccc3)C(O)[C@]21C. The van der Waals surface area contributed by atoms with Crippen LogP contribution in [-0.2, 0) is 11.3 Å². The summed E-state index contributed by atoms with van der Waals surface area (Å²) < 4.78 is 0. The maximum atomic E-state index is 12.5. The van der Waals surface area contributed by atoms with Gasteiger partial charge in [-0.2, -0.15) is 0 Å². The summed E-state index contributed by atoms with van der Waals surface area (Å²) in [6.45, 7) is 3.19. The molecule has 0 aliphatic carbocycles. The number of likely N-dealkylation sites (N-methyl/N-ethyl adjacent to an activating group) is 1. The fourth-order valence-electron chi connectivity index (χ4n) is 4.09. The van der Waals surface area contributed by atoms with Crippen LogP contribution < -0.4 is 0 Å². The fraction of sp³-hybridized carbons (Fsp3) is 0.588. The Labute approximate surface area is 131 Å². The molecular weight excluding hydrogens is 280 g/mol. The minimum Gasteiger partial charge on any atom is -0.396 e. The van der Waals surface area contributed by atoms with E-state index in [4.69, 9.17) is 0 Å². The second-order valence-corrected chi connectivity index (χ2v) is 6.74. The van der Waals surface area contributed by atoms with Crippen LogP contribution in [0.5, 0.6) is 0 Å². The highest BCUT2D eigenvalue weighted by Crippen LogP contribution is 2.46. The Morgan fingerprint density at radius 3 is 2.64 bits per heavy atom. The quantitative estimate of drug-likeness (QED) is 0.861. The number of rotatable bonds is 3. The zero-order valence-electron chi connectivity index (χ0n) is 13.1. The number of aliphatic hydroxyl groups is 2. The van der Waals surface area contributed by atoms with E-state index in [1.807, 2.05) is 44.3 Å². The van der Waals surface area contributed by atoms with E-state index in [1.54, 1.807) is 4.90 Å². The third kappa shape index (κ3) is 2.24. The van der Waals surface area contributed by atoms with Gasteiger partial charge in [-0.25, -0.2) is 0 Å². The molecule has 2 aliphatic rings. The fourth-order valence-corrected chi connectivity index (χ4v) is 4.09. The van der Waals surface area contributed by atoms with Crippen molar-refractivity contribution >= 4 is 5.91 Å². The normalized spacial score (nSPS) is 35.7. The standard InChI is InChI=1S/C17H24N2O3/c1-17-14(13(11-20)10-18(17)2)8-15(21)19(16(17)22)9-12-6-4-3-5-7-12/h3-7,13-14,16,20,22H,8-11H2,1-2H3/t13-,14-,16?,17+/m1/s1. The Morgan fingerprint density at radius 1 is 1.32 bits per heavy atom. The lowest BCUT2D eigenvalue weighted by Gasteiger charge is -2.50. The average Bonchev–Trinajstić information content (AvgIpc) is 2.77. The summed E-state index contributed by atoms with van der Waals surface area (Å²) in [6, 6.07) is 9.73. The van der Waals surface area contributed by atoms with E-state index in [9.17, 15) is 15.0 Å². The molecule has 2 aliphatic heterocycles. The van der Waals surface area contributed by atoms with Crippen LogP contribution in [0.3, 0.4) is 0 Å². The third-order valence-corrected chi connectivity index (χ3v) is 5.61. The number of fused-ring (bicyclic) bond motifs is 1. The summed E-state index contributed by atoms with van der Waals surface area (Å²) in [5.74, 6) is 0.0112. The molecule has 1 unspecified atom stereocenters. The minimum absolute atomic E-state index is 0.00276. The first-order valence-electron chi connectivity index (χ1n) is 7.82. The van der Waals surface area contributed by atoms with Gasteiger partial charge in [0.25, 0.3) is 0 Å². The Balaban J connectivity index is 1.87. The van der Waals surface area contributed by atoms with Gasteiger partial charge < -0.3 is 15.1 Å². The molecule has 4 atom stereocenters. The number of piperidine rings is 1. The number of likely N-dealkylation sites (tertiary alicyclic amines) is 2. The summed E-state index contributed by atoms with van der Waals surface area (Å²) in [5.41, 5.74) is 0.507. The van der Waals surface area contributed by atoms with Crippen molar-refractivity contribution in [2.75, 3.05) is 20.2 Å². The smallest absolute Gasteiger partial charge is 0.225 e. The van der Waals surface area contributed by atoms with E-state index in [1.165, 1.54) is 0 Å². The van der Waals surface area contributed by atoms with Crippen LogP contribution in [0.15, 0.2) is 30.3 Å². The molecule has 22 heavy (non-hydrogen) atoms. The molecule has 1 aromatic rings. The average molecular weight is 304 g/mol. The van der Waals surface area contributed by atoms with E-state index in [-0.39, 0.29) is 24.3 Å². The number of hydrogen-bond acceptors (Lipinski definition) is 4. The molecule has 0 radical (unpaired) electrons. The molecule has 5 heteroatoms. The van der Waals surface area contributed by atoms with Gasteiger partial charge in [0.05, 0.1) is 5.54 Å². The highest BCUT2D eigenvalue weighted by Gasteiger charge is 2.58. The van der Waals surface area contributed by atoms with Crippen molar-refractivity contribution in [1.82, 2.24) is 9.80 Å². The van der Waals surface area contributed by atoms with Crippen LogP contribution in [0, 0.1) is 11.8 Å². The van der Waals surface area contributed by atoms with Gasteiger partial charge in [0.1, 0.15) is 6.23 Å². The zero-order chi connectivity index (χ0) is 15.9. The third-order valence-electron chi connectivity index (χ3n) is 5.61. The lowest BCUT2D eigenvalue weighted by Crippen LogP contribution is -2.65. The molecular formula is C17H24N2O3. The maximum Gasteiger partial charge on any atom is 0.225 e. The molecule has 2 N–H and O–H groups in total. The summed E-state index contributed by atoms with van der Waals surface area (Å²) in [4.78, 5) is 16.2. The van der Waals surface area contributed by atoms with Gasteiger partial charge in [0, 0.05) is 26.1 Å². The van der Waals surface area contributed by atoms with Crippen molar-refractivity contribution in [2.24, 2.45) is 11.8 Å². The predicted octanol–water partition coefficient (Wildman–Crippen LogP) is 0.666. The number of benzene rings is 1. The van der Waals surface area contributed by atoms with Gasteiger partial charge in [-0.15, -0.1) is 0 Å². The summed E-state index contributed by atoms with van der Waals surface area (Å²) in [6.07, 6.45) is -0.476. The molecule has 3 rings (SSSR count). The van der Waals surface area contributed by atoms with Crippen LogP contribution in [0.25, 0.3) is 0 Å². The molecule has 0 aromatic heterocycles. The number of carbonyl (C=O) groups is 1. The Morgan fingerprint density at radius 2 is 2.00 bits per heavy atom. The van der Waals surface area contributed by atoms with Gasteiger partial charge in [-0.3, -0.25) is 9.69 Å². The number of nitrogens with zero attached hydrogens (tertiary/aromatic N) is 2. The van der Waals surface area contributed by atoms with Gasteiger partial charge in [-0.05, 0) is 31.4 Å². The largest absolute Gasteiger partial charge is 0.396 e. The lowest BCUT2D eigenvalue weighted by molar-refractivity contribution is -0.173. The molecule has 1 amide bonds. The van der Waals surface area contributed by atoms with Crippen molar-refractivity contribution in [1.29, 1.82) is 0 Å². The van der Waals surface area contributed by atoms with Crippen molar-refractivity contribution < 1.29 is 15.0 Å². The zero-order valence-corrected chi connectivity index (χ0v) is 13.1. The topological polar surface area (TPSA) is 64.0 Å². The number of hydrogen-bond donors (Lipinski definition) is 2. The molecule has 5 nitrogen and oxygen atoms in total. The van der Waals surface area contributed by atoms with Crippen LogP contribution >= 0.6 is 0 Å². The van der Waals surface area contributed by atoms with E-state index in [2.05, 4.69) is 4.90 Å². The molecule has 0 spiro atoms. The Hall–Kier alpha value is -1.43. The van der Waals surface area contributed by atoms with Crippen LogP contribution in [0.1, 0.15) is 18.9 Å². The molecule has 0 saturated carbocycles. The number of amides is 1. The van der Waals surface area contributed by atoms with Gasteiger partial charge in [0.2, 0.25) is 5.91 Å². The molecule has 1 aromatic carbocycles. The van der Waals surface area contributed by atoms with Crippen molar-refractivity contribution in [3.05, 3.63) is 35.9 Å². The lowest BCUT2D eigenvalue weighted by atomic mass is 9.74. The van der Waals surface area contributed by atoms with Crippen LogP contribution in [0.2, 0.25) is 0 Å². The molecule has 2 heterocycles. The van der Waals surface area contributed by atoms with Crippen molar-refractivity contribution in [3.63, 3.8) is 0 Å². The van der Waals surface area contributed by atoms with Gasteiger partial charge in [-0.1, -0.05) is 30.3 Å². The maximum absolute atomic E-state index is 12.5. The minimum atomic E-state index is -0.861. The van der Waals surface area contributed by atoms with Crippen molar-refractivity contribution in [3.8, 4) is 0 Å². The molecule has 0 bridgehead atoms. The predicted molar refractivity (Wildman–Crippen MR) is 82.7 cm³/mol. The Kier molecular flexibility index (Phi) is 3.97. The molecule has 120 valence electrons. The first-order valence-corrected chi connectivity index (χ1v) is 7.82. The van der Waals surface area contributed by atoms with Crippen LogP contribution in [-0.4, -0.2) is 57.9 Å².